The van der Waals surface area contributed by atoms with Crippen LogP contribution in [0.2, 0.25) is 0 Å². The fourth-order valence-electron chi connectivity index (χ4n) is 3.72. The molecule has 0 amide bonds. The lowest BCUT2D eigenvalue weighted by Gasteiger charge is -2.35. The highest BCUT2D eigenvalue weighted by molar-refractivity contribution is 6.67. The second-order valence-corrected chi connectivity index (χ2v) is 13.2. The maximum atomic E-state index is 12.6. The van der Waals surface area contributed by atoms with Crippen molar-refractivity contribution < 1.29 is 33.7 Å². The molecular weight excluding hydrogens is 495 g/mol. The van der Waals surface area contributed by atoms with Crippen molar-refractivity contribution in [2.45, 2.75) is 96.1 Å². The molecule has 0 aromatic heterocycles. The Bertz CT molecular complexity index is 677. The average molecular weight is 532 g/mol. The van der Waals surface area contributed by atoms with Crippen LogP contribution in [-0.2, 0) is 23.8 Å². The summed E-state index contributed by atoms with van der Waals surface area (Å²) in [5.41, 5.74) is -1.71. The monoisotopic (exact) mass is 530 g/mol. The number of carbonyl (C=O) groups excluding carboxylic acids is 2. The SMILES string of the molecule is C[C@H](C[C@H](OC(=O)C1CCCC1)C(C)(C)C)C[C@H](OC(=O)OCC(Cl)(Cl)Cl)C(C)(C)C(=O)O. The first-order valence-corrected chi connectivity index (χ1v) is 12.4. The van der Waals surface area contributed by atoms with Gasteiger partial charge in [-0.25, -0.2) is 4.79 Å². The zero-order valence-corrected chi connectivity index (χ0v) is 22.6. The molecule has 3 atom stereocenters. The Hall–Kier alpha value is -0.920. The number of carbonyl (C=O) groups is 3. The first-order chi connectivity index (χ1) is 14.9. The quantitative estimate of drug-likeness (QED) is 0.252. The van der Waals surface area contributed by atoms with Gasteiger partial charge >= 0.3 is 18.1 Å². The molecule has 0 spiro atoms. The van der Waals surface area contributed by atoms with Crippen molar-refractivity contribution in [1.29, 1.82) is 0 Å². The Labute approximate surface area is 211 Å². The number of alkyl halides is 3. The van der Waals surface area contributed by atoms with E-state index in [0.717, 1.165) is 25.7 Å². The Kier molecular flexibility index (Phi) is 11.1. The van der Waals surface area contributed by atoms with Crippen LogP contribution in [-0.4, -0.2) is 45.8 Å². The maximum Gasteiger partial charge on any atom is 0.508 e. The molecule has 1 aliphatic carbocycles. The molecule has 1 fully saturated rings. The Morgan fingerprint density at radius 1 is 0.939 bits per heavy atom. The molecule has 1 saturated carbocycles. The number of ether oxygens (including phenoxy) is 3. The van der Waals surface area contributed by atoms with Crippen molar-refractivity contribution in [2.24, 2.45) is 22.7 Å². The molecule has 1 rings (SSSR count). The summed E-state index contributed by atoms with van der Waals surface area (Å²) in [6, 6.07) is 0. The molecule has 0 aromatic carbocycles. The Morgan fingerprint density at radius 3 is 1.91 bits per heavy atom. The number of rotatable bonds is 10. The van der Waals surface area contributed by atoms with Gasteiger partial charge in [-0.3, -0.25) is 9.59 Å². The van der Waals surface area contributed by atoms with Crippen molar-refractivity contribution in [3.05, 3.63) is 0 Å². The zero-order chi connectivity index (χ0) is 25.6. The fraction of sp³-hybridized carbons (Fsp3) is 0.870. The fourth-order valence-corrected chi connectivity index (χ4v) is 3.89. The lowest BCUT2D eigenvalue weighted by molar-refractivity contribution is -0.161. The van der Waals surface area contributed by atoms with Gasteiger partial charge in [0.2, 0.25) is 3.79 Å². The molecular formula is C23H37Cl3O7. The summed E-state index contributed by atoms with van der Waals surface area (Å²) < 4.78 is 14.3. The lowest BCUT2D eigenvalue weighted by Crippen LogP contribution is -2.42. The molecule has 0 aliphatic heterocycles. The third-order valence-corrected chi connectivity index (χ3v) is 6.42. The summed E-state index contributed by atoms with van der Waals surface area (Å²) in [6.45, 7) is 10.3. The molecule has 0 saturated heterocycles. The van der Waals surface area contributed by atoms with Crippen LogP contribution in [0.5, 0.6) is 0 Å². The van der Waals surface area contributed by atoms with Crippen LogP contribution in [0.25, 0.3) is 0 Å². The predicted molar refractivity (Wildman–Crippen MR) is 128 cm³/mol. The molecule has 0 radical (unpaired) electrons. The normalized spacial score (nSPS) is 18.3. The van der Waals surface area contributed by atoms with Gasteiger partial charge in [0, 0.05) is 0 Å². The van der Waals surface area contributed by atoms with Crippen molar-refractivity contribution in [1.82, 2.24) is 0 Å². The number of carboxylic acids is 1. The molecule has 1 aliphatic rings. The number of aliphatic carboxylic acids is 1. The van der Waals surface area contributed by atoms with Crippen LogP contribution in [0.3, 0.4) is 0 Å². The molecule has 192 valence electrons. The van der Waals surface area contributed by atoms with Crippen LogP contribution >= 0.6 is 34.8 Å². The minimum Gasteiger partial charge on any atom is -0.481 e. The summed E-state index contributed by atoms with van der Waals surface area (Å²) in [5.74, 6) is -1.49. The largest absolute Gasteiger partial charge is 0.508 e. The van der Waals surface area contributed by atoms with Gasteiger partial charge in [0.05, 0.1) is 11.3 Å². The van der Waals surface area contributed by atoms with Gasteiger partial charge in [-0.05, 0) is 50.9 Å². The molecule has 1 N–H and O–H groups in total. The summed E-state index contributed by atoms with van der Waals surface area (Å²) >= 11 is 16.8. The molecule has 10 heteroatoms. The second kappa shape index (κ2) is 12.2. The van der Waals surface area contributed by atoms with Crippen LogP contribution < -0.4 is 0 Å². The van der Waals surface area contributed by atoms with E-state index in [1.807, 2.05) is 27.7 Å². The molecule has 0 unspecified atom stereocenters. The van der Waals surface area contributed by atoms with Crippen molar-refractivity contribution in [3.8, 4) is 0 Å². The summed E-state index contributed by atoms with van der Waals surface area (Å²) in [7, 11) is 0. The molecule has 7 nitrogen and oxygen atoms in total. The highest BCUT2D eigenvalue weighted by Gasteiger charge is 2.42. The van der Waals surface area contributed by atoms with Crippen LogP contribution in [0, 0.1) is 22.7 Å². The first kappa shape index (κ1) is 30.1. The van der Waals surface area contributed by atoms with Gasteiger partial charge in [-0.15, -0.1) is 0 Å². The topological polar surface area (TPSA) is 99.1 Å². The smallest absolute Gasteiger partial charge is 0.481 e. The third-order valence-electron chi connectivity index (χ3n) is 6.09. The number of hydrogen-bond acceptors (Lipinski definition) is 6. The molecule has 0 aromatic rings. The van der Waals surface area contributed by atoms with E-state index >= 15 is 0 Å². The summed E-state index contributed by atoms with van der Waals surface area (Å²) in [4.78, 5) is 36.6. The van der Waals surface area contributed by atoms with Gasteiger partial charge in [0.15, 0.2) is 0 Å². The molecule has 33 heavy (non-hydrogen) atoms. The number of carboxylic acid groups (broad SMARTS) is 1. The van der Waals surface area contributed by atoms with Gasteiger partial charge in [0.1, 0.15) is 18.8 Å². The summed E-state index contributed by atoms with van der Waals surface area (Å²) in [6.07, 6.45) is 1.98. The van der Waals surface area contributed by atoms with E-state index in [1.165, 1.54) is 13.8 Å². The van der Waals surface area contributed by atoms with Crippen molar-refractivity contribution in [3.63, 3.8) is 0 Å². The maximum absolute atomic E-state index is 12.6. The minimum absolute atomic E-state index is 0.0557. The summed E-state index contributed by atoms with van der Waals surface area (Å²) in [5, 5.41) is 9.68. The van der Waals surface area contributed by atoms with Crippen LogP contribution in [0.4, 0.5) is 4.79 Å². The zero-order valence-electron chi connectivity index (χ0n) is 20.3. The standard InChI is InChI=1S/C23H37Cl3O7/c1-14(11-16(21(2,3)4)32-18(27)15-9-7-8-10-15)12-17(22(5,6)19(28)29)33-20(30)31-13-23(24,25)26/h14-17H,7-13H2,1-6H3,(H,28,29)/t14-,16+,17+/m1/s1. The van der Waals surface area contributed by atoms with Crippen molar-refractivity contribution >= 4 is 52.9 Å². The van der Waals surface area contributed by atoms with Gasteiger partial charge in [-0.2, -0.15) is 0 Å². The van der Waals surface area contributed by atoms with Crippen molar-refractivity contribution in [2.75, 3.05) is 6.61 Å². The van der Waals surface area contributed by atoms with E-state index < -0.39 is 34.0 Å². The highest BCUT2D eigenvalue weighted by Crippen LogP contribution is 2.36. The average Bonchev–Trinajstić information content (AvgIpc) is 3.18. The van der Waals surface area contributed by atoms with Crippen LogP contribution in [0.1, 0.15) is 80.1 Å². The minimum atomic E-state index is -1.81. The predicted octanol–water partition coefficient (Wildman–Crippen LogP) is 6.55. The molecule has 0 bridgehead atoms. The van der Waals surface area contributed by atoms with E-state index in [9.17, 15) is 19.5 Å². The Balaban J connectivity index is 2.89. The Morgan fingerprint density at radius 2 is 1.45 bits per heavy atom. The van der Waals surface area contributed by atoms with E-state index in [4.69, 9.17) is 49.0 Å². The molecule has 0 heterocycles. The van der Waals surface area contributed by atoms with E-state index in [2.05, 4.69) is 0 Å². The van der Waals surface area contributed by atoms with E-state index in [0.29, 0.717) is 6.42 Å². The number of halogens is 3. The van der Waals surface area contributed by atoms with E-state index in [1.54, 1.807) is 0 Å². The number of hydrogen-bond donors (Lipinski definition) is 1. The second-order valence-electron chi connectivity index (χ2n) is 10.6. The van der Waals surface area contributed by atoms with Crippen LogP contribution in [0.15, 0.2) is 0 Å². The third kappa shape index (κ3) is 10.5. The van der Waals surface area contributed by atoms with E-state index in [-0.39, 0.29) is 35.7 Å². The first-order valence-electron chi connectivity index (χ1n) is 11.3. The number of esters is 1. The lowest BCUT2D eigenvalue weighted by atomic mass is 9.78. The van der Waals surface area contributed by atoms with Gasteiger partial charge in [0.25, 0.3) is 0 Å². The highest BCUT2D eigenvalue weighted by atomic mass is 35.6. The van der Waals surface area contributed by atoms with Gasteiger partial charge in [-0.1, -0.05) is 75.3 Å². The van der Waals surface area contributed by atoms with Gasteiger partial charge < -0.3 is 19.3 Å².